The lowest BCUT2D eigenvalue weighted by atomic mass is 9.92. The summed E-state index contributed by atoms with van der Waals surface area (Å²) in [5, 5.41) is 14.4. The number of carbonyl (C=O) groups is 1. The number of nitrogens with one attached hydrogen (secondary N) is 2. The molecular formula is C16H26N6O2. The predicted octanol–water partition coefficient (Wildman–Crippen LogP) is 2.42. The van der Waals surface area contributed by atoms with E-state index in [0.29, 0.717) is 18.1 Å². The van der Waals surface area contributed by atoms with Crippen molar-refractivity contribution in [3.05, 3.63) is 23.1 Å². The van der Waals surface area contributed by atoms with E-state index in [-0.39, 0.29) is 11.4 Å². The van der Waals surface area contributed by atoms with Gasteiger partial charge in [0.1, 0.15) is 5.69 Å². The average Bonchev–Trinajstić information content (AvgIpc) is 3.06. The minimum Gasteiger partial charge on any atom is -0.478 e. The molecule has 0 aliphatic rings. The first-order valence-corrected chi connectivity index (χ1v) is 7.78. The Balaban J connectivity index is 2.06. The number of amides is 2. The highest BCUT2D eigenvalue weighted by Crippen LogP contribution is 2.26. The molecule has 0 bridgehead atoms. The molecule has 0 aliphatic carbocycles. The molecule has 8 heteroatoms. The highest BCUT2D eigenvalue weighted by atomic mass is 16.5. The fraction of sp³-hybridized carbons (Fsp3) is 0.562. The van der Waals surface area contributed by atoms with E-state index in [0.717, 1.165) is 17.1 Å². The molecule has 0 saturated heterocycles. The van der Waals surface area contributed by atoms with Crippen molar-refractivity contribution in [3.63, 3.8) is 0 Å². The zero-order valence-corrected chi connectivity index (χ0v) is 15.4. The van der Waals surface area contributed by atoms with Crippen molar-refractivity contribution in [2.75, 3.05) is 19.5 Å². The molecule has 2 amide bonds. The van der Waals surface area contributed by atoms with Crippen molar-refractivity contribution in [1.29, 1.82) is 0 Å². The average molecular weight is 334 g/mol. The molecule has 0 radical (unpaired) electrons. The van der Waals surface area contributed by atoms with Gasteiger partial charge in [0.05, 0.1) is 30.7 Å². The number of aromatic amines is 1. The van der Waals surface area contributed by atoms with Gasteiger partial charge in [-0.15, -0.1) is 5.10 Å². The normalized spacial score (nSPS) is 11.5. The molecule has 2 rings (SSSR count). The molecule has 2 aromatic rings. The highest BCUT2D eigenvalue weighted by molar-refractivity contribution is 5.91. The van der Waals surface area contributed by atoms with Gasteiger partial charge in [-0.2, -0.15) is 5.10 Å². The molecule has 2 aromatic heterocycles. The van der Waals surface area contributed by atoms with E-state index in [9.17, 15) is 4.79 Å². The summed E-state index contributed by atoms with van der Waals surface area (Å²) in [6.45, 7) is 8.59. The number of urea groups is 1. The van der Waals surface area contributed by atoms with Crippen molar-refractivity contribution in [1.82, 2.24) is 24.9 Å². The molecule has 0 atom stereocenters. The van der Waals surface area contributed by atoms with Crippen molar-refractivity contribution in [3.8, 4) is 5.88 Å². The van der Waals surface area contributed by atoms with Crippen molar-refractivity contribution in [2.24, 2.45) is 7.05 Å². The third-order valence-electron chi connectivity index (χ3n) is 3.88. The lowest BCUT2D eigenvalue weighted by Gasteiger charge is -2.17. The first-order chi connectivity index (χ1) is 11.1. The molecule has 0 aromatic carbocycles. The lowest BCUT2D eigenvalue weighted by Crippen LogP contribution is -2.31. The van der Waals surface area contributed by atoms with Crippen LogP contribution in [0.3, 0.4) is 0 Å². The van der Waals surface area contributed by atoms with E-state index in [4.69, 9.17) is 4.74 Å². The molecule has 132 valence electrons. The predicted molar refractivity (Wildman–Crippen MR) is 92.3 cm³/mol. The lowest BCUT2D eigenvalue weighted by molar-refractivity contribution is 0.220. The quantitative estimate of drug-likeness (QED) is 0.899. The Hall–Kier alpha value is -2.51. The second kappa shape index (κ2) is 6.54. The maximum atomic E-state index is 12.4. The Morgan fingerprint density at radius 2 is 2.12 bits per heavy atom. The number of hydrogen-bond acceptors (Lipinski definition) is 4. The Bertz CT molecular complexity index is 725. The third kappa shape index (κ3) is 3.69. The van der Waals surface area contributed by atoms with Gasteiger partial charge in [0, 0.05) is 19.5 Å². The van der Waals surface area contributed by atoms with E-state index < -0.39 is 0 Å². The number of methoxy groups -OCH3 is 1. The zero-order valence-electron chi connectivity index (χ0n) is 15.4. The number of carbonyl (C=O) groups excluding carboxylic acids is 1. The van der Waals surface area contributed by atoms with Crippen LogP contribution in [0.5, 0.6) is 5.88 Å². The first-order valence-electron chi connectivity index (χ1n) is 7.78. The van der Waals surface area contributed by atoms with Crippen LogP contribution in [-0.2, 0) is 19.0 Å². The van der Waals surface area contributed by atoms with Gasteiger partial charge >= 0.3 is 6.03 Å². The number of rotatable bonds is 4. The van der Waals surface area contributed by atoms with Crippen LogP contribution in [0.15, 0.2) is 6.07 Å². The van der Waals surface area contributed by atoms with Gasteiger partial charge in [-0.25, -0.2) is 4.79 Å². The van der Waals surface area contributed by atoms with Gasteiger partial charge in [0.15, 0.2) is 0 Å². The van der Waals surface area contributed by atoms with Crippen LogP contribution < -0.4 is 10.1 Å². The molecule has 0 spiro atoms. The van der Waals surface area contributed by atoms with Crippen LogP contribution in [0.1, 0.15) is 37.9 Å². The molecule has 0 saturated carbocycles. The SMILES string of the molecule is COc1nn(C)c(C)c1NC(=O)N(C)Cc1cc(C(C)(C)C)n[nH]1. The number of aryl methyl sites for hydroxylation is 1. The summed E-state index contributed by atoms with van der Waals surface area (Å²) in [5.41, 5.74) is 3.22. The fourth-order valence-electron chi connectivity index (χ4n) is 2.22. The molecule has 24 heavy (non-hydrogen) atoms. The first kappa shape index (κ1) is 17.8. The standard InChI is InChI=1S/C16H26N6O2/c1-10-13(14(24-7)20-22(10)6)17-15(23)21(5)9-11-8-12(19-18-11)16(2,3)4/h8H,9H2,1-7H3,(H,17,23)(H,18,19). The van der Waals surface area contributed by atoms with Crippen molar-refractivity contribution < 1.29 is 9.53 Å². The van der Waals surface area contributed by atoms with Crippen LogP contribution in [0.25, 0.3) is 0 Å². The van der Waals surface area contributed by atoms with Crippen LogP contribution in [-0.4, -0.2) is 45.1 Å². The summed E-state index contributed by atoms with van der Waals surface area (Å²) in [7, 11) is 5.06. The Kier molecular flexibility index (Phi) is 4.86. The van der Waals surface area contributed by atoms with E-state index in [2.05, 4.69) is 41.4 Å². The summed E-state index contributed by atoms with van der Waals surface area (Å²) >= 11 is 0. The van der Waals surface area contributed by atoms with Gasteiger partial charge in [0.25, 0.3) is 5.88 Å². The summed E-state index contributed by atoms with van der Waals surface area (Å²) in [6, 6.07) is 1.75. The minimum atomic E-state index is -0.240. The number of ether oxygens (including phenoxy) is 1. The molecular weight excluding hydrogens is 308 g/mol. The van der Waals surface area contributed by atoms with Crippen molar-refractivity contribution >= 4 is 11.7 Å². The number of aromatic nitrogens is 4. The van der Waals surface area contributed by atoms with Crippen LogP contribution in [0, 0.1) is 6.92 Å². The number of H-pyrrole nitrogens is 1. The van der Waals surface area contributed by atoms with E-state index >= 15 is 0 Å². The number of hydrogen-bond donors (Lipinski definition) is 2. The minimum absolute atomic E-state index is 0.0320. The number of anilines is 1. The van der Waals surface area contributed by atoms with Gasteiger partial charge in [0.2, 0.25) is 0 Å². The molecule has 0 aliphatic heterocycles. The summed E-state index contributed by atoms with van der Waals surface area (Å²) in [4.78, 5) is 14.0. The Morgan fingerprint density at radius 1 is 1.46 bits per heavy atom. The fourth-order valence-corrected chi connectivity index (χ4v) is 2.22. The molecule has 2 heterocycles. The summed E-state index contributed by atoms with van der Waals surface area (Å²) in [5.74, 6) is 0.397. The van der Waals surface area contributed by atoms with Gasteiger partial charge < -0.3 is 15.0 Å². The van der Waals surface area contributed by atoms with Crippen LogP contribution in [0.4, 0.5) is 10.5 Å². The molecule has 2 N–H and O–H groups in total. The molecule has 8 nitrogen and oxygen atoms in total. The van der Waals surface area contributed by atoms with Gasteiger partial charge in [-0.05, 0) is 13.0 Å². The second-order valence-electron chi connectivity index (χ2n) is 6.91. The maximum Gasteiger partial charge on any atom is 0.322 e. The monoisotopic (exact) mass is 334 g/mol. The number of nitrogens with zero attached hydrogens (tertiary/aromatic N) is 4. The van der Waals surface area contributed by atoms with Gasteiger partial charge in [-0.3, -0.25) is 9.78 Å². The summed E-state index contributed by atoms with van der Waals surface area (Å²) < 4.78 is 6.87. The van der Waals surface area contributed by atoms with Crippen LogP contribution >= 0.6 is 0 Å². The van der Waals surface area contributed by atoms with E-state index in [1.165, 1.54) is 7.11 Å². The Morgan fingerprint density at radius 3 is 2.67 bits per heavy atom. The van der Waals surface area contributed by atoms with Crippen LogP contribution in [0.2, 0.25) is 0 Å². The Labute approximate surface area is 142 Å². The zero-order chi connectivity index (χ0) is 18.1. The maximum absolute atomic E-state index is 12.4. The largest absolute Gasteiger partial charge is 0.478 e. The van der Waals surface area contributed by atoms with E-state index in [1.54, 1.807) is 23.7 Å². The smallest absolute Gasteiger partial charge is 0.322 e. The highest BCUT2D eigenvalue weighted by Gasteiger charge is 2.20. The second-order valence-corrected chi connectivity index (χ2v) is 6.91. The molecule has 0 unspecified atom stereocenters. The topological polar surface area (TPSA) is 88.1 Å². The van der Waals surface area contributed by atoms with Gasteiger partial charge in [-0.1, -0.05) is 20.8 Å². The van der Waals surface area contributed by atoms with Crippen molar-refractivity contribution in [2.45, 2.75) is 39.7 Å². The molecule has 0 fully saturated rings. The van der Waals surface area contributed by atoms with E-state index in [1.807, 2.05) is 13.0 Å². The third-order valence-corrected chi connectivity index (χ3v) is 3.88. The summed E-state index contributed by atoms with van der Waals surface area (Å²) in [6.07, 6.45) is 0.